The maximum absolute atomic E-state index is 11.4. The summed E-state index contributed by atoms with van der Waals surface area (Å²) in [6.07, 6.45) is 2.64. The minimum absolute atomic E-state index is 0.00213. The van der Waals surface area contributed by atoms with Gasteiger partial charge in [-0.1, -0.05) is 25.1 Å². The van der Waals surface area contributed by atoms with E-state index in [-0.39, 0.29) is 12.5 Å². The maximum Gasteiger partial charge on any atom is 0.233 e. The summed E-state index contributed by atoms with van der Waals surface area (Å²) in [6.45, 7) is 3.55. The molecule has 0 aliphatic rings. The van der Waals surface area contributed by atoms with Crippen molar-refractivity contribution in [3.8, 4) is 5.69 Å². The summed E-state index contributed by atoms with van der Waals surface area (Å²) in [4.78, 5) is 13.0. The Labute approximate surface area is 118 Å². The minimum Gasteiger partial charge on any atom is -0.355 e. The van der Waals surface area contributed by atoms with Crippen molar-refractivity contribution in [1.29, 1.82) is 0 Å². The van der Waals surface area contributed by atoms with Crippen molar-refractivity contribution in [2.75, 3.05) is 13.1 Å². The summed E-state index contributed by atoms with van der Waals surface area (Å²) >= 11 is 0. The van der Waals surface area contributed by atoms with Crippen LogP contribution in [-0.4, -0.2) is 34.0 Å². The van der Waals surface area contributed by atoms with Gasteiger partial charge in [0.1, 0.15) is 0 Å². The third kappa shape index (κ3) is 4.17. The molecule has 0 atom stereocenters. The van der Waals surface area contributed by atoms with Gasteiger partial charge in [0.2, 0.25) is 5.91 Å². The number of nitrogens with zero attached hydrogens (tertiary/aromatic N) is 3. The Hall–Kier alpha value is -2.21. The maximum atomic E-state index is 11.4. The molecule has 2 rings (SSSR count). The largest absolute Gasteiger partial charge is 0.355 e. The molecule has 0 fully saturated rings. The standard InChI is InChI=1S/C14H19N5O/c1-2-8-16-14(20)11-15-9-12-10-17-19(18-12)13-6-4-3-5-7-13/h3-7,10,15H,2,8-9,11H2,1H3,(H,16,20). The molecule has 0 bridgehead atoms. The van der Waals surface area contributed by atoms with Crippen LogP contribution in [0.2, 0.25) is 0 Å². The van der Waals surface area contributed by atoms with Gasteiger partial charge in [-0.2, -0.15) is 15.0 Å². The van der Waals surface area contributed by atoms with Crippen LogP contribution < -0.4 is 10.6 Å². The Morgan fingerprint density at radius 3 is 2.85 bits per heavy atom. The van der Waals surface area contributed by atoms with Gasteiger partial charge in [-0.15, -0.1) is 0 Å². The lowest BCUT2D eigenvalue weighted by atomic mass is 10.3. The molecule has 0 unspecified atom stereocenters. The predicted molar refractivity (Wildman–Crippen MR) is 76.4 cm³/mol. The summed E-state index contributed by atoms with van der Waals surface area (Å²) < 4.78 is 0. The van der Waals surface area contributed by atoms with Gasteiger partial charge in [-0.05, 0) is 18.6 Å². The van der Waals surface area contributed by atoms with Gasteiger partial charge in [0, 0.05) is 13.1 Å². The summed E-state index contributed by atoms with van der Waals surface area (Å²) in [5, 5.41) is 14.4. The van der Waals surface area contributed by atoms with Crippen molar-refractivity contribution in [3.63, 3.8) is 0 Å². The molecule has 106 valence electrons. The number of benzene rings is 1. The molecule has 0 saturated heterocycles. The lowest BCUT2D eigenvalue weighted by Crippen LogP contribution is -2.34. The average molecular weight is 273 g/mol. The molecule has 2 aromatic rings. The Morgan fingerprint density at radius 1 is 1.30 bits per heavy atom. The van der Waals surface area contributed by atoms with Gasteiger partial charge < -0.3 is 10.6 Å². The van der Waals surface area contributed by atoms with Crippen LogP contribution in [0.1, 0.15) is 19.0 Å². The molecular weight excluding hydrogens is 254 g/mol. The van der Waals surface area contributed by atoms with Crippen LogP contribution in [0, 0.1) is 0 Å². The normalized spacial score (nSPS) is 10.4. The molecule has 1 amide bonds. The Bertz CT molecular complexity index is 538. The monoisotopic (exact) mass is 273 g/mol. The fraction of sp³-hybridized carbons (Fsp3) is 0.357. The van der Waals surface area contributed by atoms with E-state index in [1.165, 1.54) is 0 Å². The molecule has 6 nitrogen and oxygen atoms in total. The molecular formula is C14H19N5O. The van der Waals surface area contributed by atoms with Gasteiger partial charge in [0.25, 0.3) is 0 Å². The highest BCUT2D eigenvalue weighted by Crippen LogP contribution is 2.03. The molecule has 2 N–H and O–H groups in total. The Kier molecular flexibility index (Phi) is 5.25. The van der Waals surface area contributed by atoms with Crippen LogP contribution in [-0.2, 0) is 11.3 Å². The highest BCUT2D eigenvalue weighted by molar-refractivity contribution is 5.77. The smallest absolute Gasteiger partial charge is 0.233 e. The topological polar surface area (TPSA) is 71.8 Å². The number of rotatable bonds is 7. The number of carbonyl (C=O) groups is 1. The quantitative estimate of drug-likeness (QED) is 0.785. The van der Waals surface area contributed by atoms with E-state index >= 15 is 0 Å². The number of para-hydroxylation sites is 1. The Balaban J connectivity index is 1.80. The highest BCUT2D eigenvalue weighted by atomic mass is 16.1. The second-order valence-corrected chi connectivity index (χ2v) is 4.41. The van der Waals surface area contributed by atoms with Crippen molar-refractivity contribution in [2.45, 2.75) is 19.9 Å². The molecule has 6 heteroatoms. The molecule has 0 aliphatic heterocycles. The number of amides is 1. The molecule has 0 spiro atoms. The fourth-order valence-electron chi connectivity index (χ4n) is 1.69. The highest BCUT2D eigenvalue weighted by Gasteiger charge is 2.03. The van der Waals surface area contributed by atoms with Gasteiger partial charge in [-0.25, -0.2) is 0 Å². The van der Waals surface area contributed by atoms with Crippen molar-refractivity contribution in [1.82, 2.24) is 25.6 Å². The van der Waals surface area contributed by atoms with Gasteiger partial charge >= 0.3 is 0 Å². The van der Waals surface area contributed by atoms with Crippen molar-refractivity contribution in [3.05, 3.63) is 42.2 Å². The number of aromatic nitrogens is 3. The van der Waals surface area contributed by atoms with E-state index in [4.69, 9.17) is 0 Å². The number of hydrogen-bond donors (Lipinski definition) is 2. The molecule has 0 aliphatic carbocycles. The van der Waals surface area contributed by atoms with Crippen LogP contribution in [0.3, 0.4) is 0 Å². The van der Waals surface area contributed by atoms with E-state index in [0.717, 1.165) is 17.8 Å². The van der Waals surface area contributed by atoms with Gasteiger partial charge in [0.05, 0.1) is 24.1 Å². The number of carbonyl (C=O) groups excluding carboxylic acids is 1. The third-order valence-electron chi connectivity index (χ3n) is 2.69. The second-order valence-electron chi connectivity index (χ2n) is 4.41. The SMILES string of the molecule is CCCNC(=O)CNCc1cnn(-c2ccccc2)n1. The first kappa shape index (κ1) is 14.2. The molecule has 0 radical (unpaired) electrons. The van der Waals surface area contributed by atoms with Gasteiger partial charge in [0.15, 0.2) is 0 Å². The molecule has 20 heavy (non-hydrogen) atoms. The van der Waals surface area contributed by atoms with Crippen LogP contribution in [0.4, 0.5) is 0 Å². The summed E-state index contributed by atoms with van der Waals surface area (Å²) in [7, 11) is 0. The number of hydrogen-bond acceptors (Lipinski definition) is 4. The van der Waals surface area contributed by atoms with E-state index in [0.29, 0.717) is 13.1 Å². The Morgan fingerprint density at radius 2 is 2.10 bits per heavy atom. The fourth-order valence-corrected chi connectivity index (χ4v) is 1.69. The molecule has 1 heterocycles. The summed E-state index contributed by atoms with van der Waals surface area (Å²) in [6, 6.07) is 9.71. The summed E-state index contributed by atoms with van der Waals surface area (Å²) in [5.74, 6) is 0.00213. The van der Waals surface area contributed by atoms with E-state index in [1.807, 2.05) is 37.3 Å². The van der Waals surface area contributed by atoms with E-state index in [1.54, 1.807) is 11.0 Å². The first-order valence-corrected chi connectivity index (χ1v) is 6.73. The van der Waals surface area contributed by atoms with Crippen LogP contribution in [0.15, 0.2) is 36.5 Å². The van der Waals surface area contributed by atoms with Crippen LogP contribution >= 0.6 is 0 Å². The first-order valence-electron chi connectivity index (χ1n) is 6.73. The number of nitrogens with one attached hydrogen (secondary N) is 2. The minimum atomic E-state index is 0.00213. The zero-order chi connectivity index (χ0) is 14.2. The third-order valence-corrected chi connectivity index (χ3v) is 2.69. The molecule has 1 aromatic heterocycles. The summed E-state index contributed by atoms with van der Waals surface area (Å²) in [5.41, 5.74) is 1.72. The van der Waals surface area contributed by atoms with E-state index in [2.05, 4.69) is 20.8 Å². The van der Waals surface area contributed by atoms with Crippen molar-refractivity contribution >= 4 is 5.91 Å². The van der Waals surface area contributed by atoms with Gasteiger partial charge in [-0.3, -0.25) is 4.79 Å². The van der Waals surface area contributed by atoms with E-state index in [9.17, 15) is 4.79 Å². The van der Waals surface area contributed by atoms with E-state index < -0.39 is 0 Å². The van der Waals surface area contributed by atoms with Crippen LogP contribution in [0.5, 0.6) is 0 Å². The predicted octanol–water partition coefficient (Wildman–Crippen LogP) is 0.883. The van der Waals surface area contributed by atoms with Crippen LogP contribution in [0.25, 0.3) is 5.69 Å². The second kappa shape index (κ2) is 7.40. The zero-order valence-corrected chi connectivity index (χ0v) is 11.5. The zero-order valence-electron chi connectivity index (χ0n) is 11.5. The lowest BCUT2D eigenvalue weighted by Gasteiger charge is -2.03. The molecule has 0 saturated carbocycles. The van der Waals surface area contributed by atoms with Crippen molar-refractivity contribution < 1.29 is 4.79 Å². The molecule has 1 aromatic carbocycles. The average Bonchev–Trinajstić information content (AvgIpc) is 2.95. The first-order chi connectivity index (χ1) is 9.79. The van der Waals surface area contributed by atoms with Crippen molar-refractivity contribution in [2.24, 2.45) is 0 Å². The lowest BCUT2D eigenvalue weighted by molar-refractivity contribution is -0.120.